The monoisotopic (exact) mass is 380 g/mol. The minimum absolute atomic E-state index is 1.03. The molecule has 0 heterocycles. The second kappa shape index (κ2) is 22.3. The molecule has 0 aromatic heterocycles. The molecule has 0 saturated carbocycles. The van der Waals surface area contributed by atoms with Crippen LogP contribution in [0.2, 0.25) is 0 Å². The summed E-state index contributed by atoms with van der Waals surface area (Å²) in [7, 11) is 0. The van der Waals surface area contributed by atoms with Crippen molar-refractivity contribution in [3.63, 3.8) is 0 Å². The molecule has 164 valence electrons. The Morgan fingerprint density at radius 3 is 1.04 bits per heavy atom. The molecule has 0 aliphatic rings. The molecule has 0 bridgehead atoms. The molecule has 0 aromatic carbocycles. The first-order valence-electron chi connectivity index (χ1n) is 13.3. The number of hydrogen-bond acceptors (Lipinski definition) is 0. The molecular weight excluding hydrogens is 324 g/mol. The highest BCUT2D eigenvalue weighted by Crippen LogP contribution is 2.30. The van der Waals surface area contributed by atoms with Gasteiger partial charge in [-0.3, -0.25) is 0 Å². The highest BCUT2D eigenvalue weighted by atomic mass is 14.2. The van der Waals surface area contributed by atoms with Crippen LogP contribution in [0.5, 0.6) is 0 Å². The second-order valence-corrected chi connectivity index (χ2v) is 9.37. The molecular formula is C27H56. The van der Waals surface area contributed by atoms with Gasteiger partial charge in [-0.25, -0.2) is 0 Å². The Morgan fingerprint density at radius 2 is 0.630 bits per heavy atom. The van der Waals surface area contributed by atoms with Gasteiger partial charge in [0.05, 0.1) is 0 Å². The molecule has 0 nitrogen and oxygen atoms in total. The van der Waals surface area contributed by atoms with Gasteiger partial charge in [0.25, 0.3) is 0 Å². The van der Waals surface area contributed by atoms with Crippen molar-refractivity contribution < 1.29 is 0 Å². The standard InChI is InChI=1S/C27H56/c1-5-9-13-16-17-20-24-27(23-19-15-11-7-3)25-26(21-12-8-4)22-18-14-10-6-2/h26-27H,5-25H2,1-4H3. The Hall–Kier alpha value is 0. The van der Waals surface area contributed by atoms with E-state index in [1.54, 1.807) is 6.42 Å². The Labute approximate surface area is 174 Å². The fourth-order valence-electron chi connectivity index (χ4n) is 4.66. The van der Waals surface area contributed by atoms with Gasteiger partial charge in [0.15, 0.2) is 0 Å². The Morgan fingerprint density at radius 1 is 0.333 bits per heavy atom. The van der Waals surface area contributed by atoms with E-state index in [-0.39, 0.29) is 0 Å². The van der Waals surface area contributed by atoms with Crippen LogP contribution in [-0.4, -0.2) is 0 Å². The summed E-state index contributed by atoms with van der Waals surface area (Å²) in [5, 5.41) is 0. The number of unbranched alkanes of at least 4 members (excludes halogenated alkanes) is 12. The van der Waals surface area contributed by atoms with Gasteiger partial charge in [-0.15, -0.1) is 0 Å². The minimum atomic E-state index is 1.03. The molecule has 0 saturated heterocycles. The molecule has 0 aliphatic heterocycles. The molecule has 0 fully saturated rings. The fourth-order valence-corrected chi connectivity index (χ4v) is 4.66. The maximum atomic E-state index is 2.37. The largest absolute Gasteiger partial charge is 0.0654 e. The van der Waals surface area contributed by atoms with Gasteiger partial charge in [-0.05, 0) is 18.3 Å². The highest BCUT2D eigenvalue weighted by Gasteiger charge is 2.16. The summed E-state index contributed by atoms with van der Waals surface area (Å²) in [6.07, 6.45) is 30.7. The predicted molar refractivity (Wildman–Crippen MR) is 127 cm³/mol. The van der Waals surface area contributed by atoms with Crippen molar-refractivity contribution in [2.24, 2.45) is 11.8 Å². The molecule has 0 N–H and O–H groups in total. The van der Waals surface area contributed by atoms with Crippen molar-refractivity contribution in [3.8, 4) is 0 Å². The van der Waals surface area contributed by atoms with Crippen LogP contribution in [0.15, 0.2) is 0 Å². The van der Waals surface area contributed by atoms with E-state index in [4.69, 9.17) is 0 Å². The third kappa shape index (κ3) is 19.1. The first-order chi connectivity index (χ1) is 13.3. The van der Waals surface area contributed by atoms with Gasteiger partial charge in [0.2, 0.25) is 0 Å². The van der Waals surface area contributed by atoms with Gasteiger partial charge in [-0.1, -0.05) is 156 Å². The van der Waals surface area contributed by atoms with E-state index in [0.29, 0.717) is 0 Å². The number of hydrogen-bond donors (Lipinski definition) is 0. The third-order valence-electron chi connectivity index (χ3n) is 6.53. The first kappa shape index (κ1) is 27.0. The molecule has 0 rings (SSSR count). The van der Waals surface area contributed by atoms with Gasteiger partial charge in [0, 0.05) is 0 Å². The summed E-state index contributed by atoms with van der Waals surface area (Å²) in [5.41, 5.74) is 0. The zero-order chi connectivity index (χ0) is 20.0. The second-order valence-electron chi connectivity index (χ2n) is 9.37. The molecule has 2 atom stereocenters. The van der Waals surface area contributed by atoms with Crippen molar-refractivity contribution in [2.75, 3.05) is 0 Å². The average molecular weight is 381 g/mol. The normalized spacial score (nSPS) is 13.8. The lowest BCUT2D eigenvalue weighted by atomic mass is 9.82. The minimum Gasteiger partial charge on any atom is -0.0654 e. The quantitative estimate of drug-likeness (QED) is 0.164. The van der Waals surface area contributed by atoms with Crippen LogP contribution in [0, 0.1) is 11.8 Å². The van der Waals surface area contributed by atoms with Gasteiger partial charge >= 0.3 is 0 Å². The predicted octanol–water partition coefficient (Wildman–Crippen LogP) is 10.5. The molecule has 0 radical (unpaired) electrons. The topological polar surface area (TPSA) is 0 Å². The molecule has 0 heteroatoms. The lowest BCUT2D eigenvalue weighted by Gasteiger charge is -2.24. The lowest BCUT2D eigenvalue weighted by Crippen LogP contribution is -2.10. The molecule has 0 aromatic rings. The van der Waals surface area contributed by atoms with Crippen LogP contribution in [-0.2, 0) is 0 Å². The maximum absolute atomic E-state index is 2.37. The van der Waals surface area contributed by atoms with Crippen molar-refractivity contribution in [1.29, 1.82) is 0 Å². The molecule has 2 unspecified atom stereocenters. The van der Waals surface area contributed by atoms with E-state index in [2.05, 4.69) is 27.7 Å². The Kier molecular flexibility index (Phi) is 22.3. The Balaban J connectivity index is 4.33. The summed E-state index contributed by atoms with van der Waals surface area (Å²) in [6, 6.07) is 0. The zero-order valence-electron chi connectivity index (χ0n) is 20.0. The maximum Gasteiger partial charge on any atom is -0.0412 e. The summed E-state index contributed by atoms with van der Waals surface area (Å²) in [4.78, 5) is 0. The van der Waals surface area contributed by atoms with E-state index < -0.39 is 0 Å². The summed E-state index contributed by atoms with van der Waals surface area (Å²) in [6.45, 7) is 9.36. The van der Waals surface area contributed by atoms with Crippen LogP contribution in [0.3, 0.4) is 0 Å². The van der Waals surface area contributed by atoms with E-state index in [1.807, 2.05) is 0 Å². The third-order valence-corrected chi connectivity index (χ3v) is 6.53. The van der Waals surface area contributed by atoms with Crippen LogP contribution in [0.25, 0.3) is 0 Å². The van der Waals surface area contributed by atoms with Crippen molar-refractivity contribution in [3.05, 3.63) is 0 Å². The summed E-state index contributed by atoms with van der Waals surface area (Å²) < 4.78 is 0. The van der Waals surface area contributed by atoms with E-state index >= 15 is 0 Å². The smallest absolute Gasteiger partial charge is 0.0412 e. The summed E-state index contributed by atoms with van der Waals surface area (Å²) >= 11 is 0. The lowest BCUT2D eigenvalue weighted by molar-refractivity contribution is 0.284. The van der Waals surface area contributed by atoms with Crippen LogP contribution < -0.4 is 0 Å². The van der Waals surface area contributed by atoms with Crippen LogP contribution >= 0.6 is 0 Å². The SMILES string of the molecule is CCCCCCCCC(CCCCCC)CC(CCCC)CCCCCC. The Bertz CT molecular complexity index is 257. The molecule has 0 amide bonds. The van der Waals surface area contributed by atoms with Crippen molar-refractivity contribution >= 4 is 0 Å². The molecule has 27 heavy (non-hydrogen) atoms. The van der Waals surface area contributed by atoms with Gasteiger partial charge in [0.1, 0.15) is 0 Å². The van der Waals surface area contributed by atoms with Crippen LogP contribution in [0.1, 0.15) is 163 Å². The van der Waals surface area contributed by atoms with E-state index in [1.165, 1.54) is 128 Å². The van der Waals surface area contributed by atoms with E-state index in [0.717, 1.165) is 11.8 Å². The van der Waals surface area contributed by atoms with Gasteiger partial charge < -0.3 is 0 Å². The molecule has 0 aliphatic carbocycles. The highest BCUT2D eigenvalue weighted by molar-refractivity contribution is 4.69. The average Bonchev–Trinajstić information content (AvgIpc) is 2.68. The zero-order valence-corrected chi connectivity index (χ0v) is 20.0. The van der Waals surface area contributed by atoms with Crippen LogP contribution in [0.4, 0.5) is 0 Å². The fraction of sp³-hybridized carbons (Fsp3) is 1.00. The van der Waals surface area contributed by atoms with Gasteiger partial charge in [-0.2, -0.15) is 0 Å². The summed E-state index contributed by atoms with van der Waals surface area (Å²) in [5.74, 6) is 2.05. The first-order valence-corrected chi connectivity index (χ1v) is 13.3. The number of rotatable bonds is 22. The van der Waals surface area contributed by atoms with Crippen molar-refractivity contribution in [2.45, 2.75) is 163 Å². The van der Waals surface area contributed by atoms with E-state index in [9.17, 15) is 0 Å². The molecule has 0 spiro atoms. The van der Waals surface area contributed by atoms with Crippen molar-refractivity contribution in [1.82, 2.24) is 0 Å².